The smallest absolute Gasteiger partial charge is 0.178 e. The third-order valence-corrected chi connectivity index (χ3v) is 8.61. The highest BCUT2D eigenvalue weighted by Crippen LogP contribution is 2.17. The Hall–Kier alpha value is -2.96. The van der Waals surface area contributed by atoms with Gasteiger partial charge < -0.3 is 0 Å². The highest BCUT2D eigenvalue weighted by Gasteiger charge is 2.11. The third kappa shape index (κ3) is 6.05. The zero-order valence-corrected chi connectivity index (χ0v) is 19.7. The van der Waals surface area contributed by atoms with Gasteiger partial charge in [-0.15, -0.1) is 0 Å². The summed E-state index contributed by atoms with van der Waals surface area (Å²) in [6.07, 6.45) is 7.84. The van der Waals surface area contributed by atoms with Gasteiger partial charge in [-0.2, -0.15) is 0 Å². The fraction of sp³-hybridized carbons (Fsp3) is 0.154. The van der Waals surface area contributed by atoms with Gasteiger partial charge in [0.2, 0.25) is 0 Å². The SMILES string of the molecule is CCS(=O)(=O)c1ccc(C=Cc2ccc(C=Cc3ccc(S(=O)(=O)CC)cc3)cc2)cc1. The molecule has 3 aromatic carbocycles. The van der Waals surface area contributed by atoms with Crippen LogP contribution in [0.25, 0.3) is 24.3 Å². The Kier molecular flexibility index (Phi) is 7.48. The van der Waals surface area contributed by atoms with Crippen molar-refractivity contribution in [1.82, 2.24) is 0 Å². The minimum Gasteiger partial charge on any atom is -0.224 e. The fourth-order valence-corrected chi connectivity index (χ4v) is 4.78. The molecule has 3 aromatic rings. The minimum atomic E-state index is -3.18. The van der Waals surface area contributed by atoms with Crippen LogP contribution in [0.15, 0.2) is 82.6 Å². The molecule has 0 saturated heterocycles. The second kappa shape index (κ2) is 10.1. The molecule has 0 aliphatic heterocycles. The van der Waals surface area contributed by atoms with E-state index < -0.39 is 19.7 Å². The molecule has 0 spiro atoms. The second-order valence-corrected chi connectivity index (χ2v) is 11.8. The summed E-state index contributed by atoms with van der Waals surface area (Å²) in [5, 5.41) is 0. The molecule has 0 unspecified atom stereocenters. The lowest BCUT2D eigenvalue weighted by atomic mass is 10.1. The molecule has 0 N–H and O–H groups in total. The van der Waals surface area contributed by atoms with E-state index in [9.17, 15) is 16.8 Å². The summed E-state index contributed by atoms with van der Waals surface area (Å²) < 4.78 is 47.5. The van der Waals surface area contributed by atoms with E-state index in [1.54, 1.807) is 62.4 Å². The molecule has 0 aliphatic carbocycles. The van der Waals surface area contributed by atoms with Gasteiger partial charge in [-0.25, -0.2) is 16.8 Å². The molecule has 0 radical (unpaired) electrons. The van der Waals surface area contributed by atoms with Gasteiger partial charge in [0.1, 0.15) is 0 Å². The van der Waals surface area contributed by atoms with Gasteiger partial charge in [-0.05, 0) is 46.5 Å². The number of hydrogen-bond acceptors (Lipinski definition) is 4. The first-order chi connectivity index (χ1) is 15.2. The molecule has 0 heterocycles. The maximum Gasteiger partial charge on any atom is 0.178 e. The van der Waals surface area contributed by atoms with Crippen molar-refractivity contribution in [1.29, 1.82) is 0 Å². The van der Waals surface area contributed by atoms with Gasteiger partial charge in [0.15, 0.2) is 19.7 Å². The zero-order chi connectivity index (χ0) is 23.2. The Labute approximate surface area is 190 Å². The van der Waals surface area contributed by atoms with Crippen LogP contribution in [-0.4, -0.2) is 28.3 Å². The van der Waals surface area contributed by atoms with Crippen LogP contribution >= 0.6 is 0 Å². The largest absolute Gasteiger partial charge is 0.224 e. The average molecular weight is 467 g/mol. The number of rotatable bonds is 8. The standard InChI is InChI=1S/C26H26O4S2/c1-3-31(27,28)25-17-13-23(14-18-25)11-9-21-5-7-22(8-6-21)10-12-24-15-19-26(20-16-24)32(29,30)4-2/h5-20H,3-4H2,1-2H3. The molecule has 32 heavy (non-hydrogen) atoms. The lowest BCUT2D eigenvalue weighted by Gasteiger charge is -2.02. The van der Waals surface area contributed by atoms with E-state index in [1.807, 2.05) is 48.6 Å². The van der Waals surface area contributed by atoms with Crippen molar-refractivity contribution < 1.29 is 16.8 Å². The molecule has 0 amide bonds. The Bertz CT molecular complexity index is 1210. The van der Waals surface area contributed by atoms with E-state index >= 15 is 0 Å². The predicted octanol–water partition coefficient (Wildman–Crippen LogP) is 5.61. The van der Waals surface area contributed by atoms with Crippen LogP contribution in [-0.2, 0) is 19.7 Å². The van der Waals surface area contributed by atoms with Crippen molar-refractivity contribution in [3.05, 3.63) is 95.1 Å². The molecule has 0 aromatic heterocycles. The number of benzene rings is 3. The fourth-order valence-electron chi connectivity index (χ4n) is 3.01. The molecule has 0 saturated carbocycles. The summed E-state index contributed by atoms with van der Waals surface area (Å²) in [5.41, 5.74) is 3.91. The first-order valence-electron chi connectivity index (χ1n) is 10.4. The van der Waals surface area contributed by atoms with E-state index in [4.69, 9.17) is 0 Å². The molecule has 6 heteroatoms. The first-order valence-corrected chi connectivity index (χ1v) is 13.7. The molecule has 3 rings (SSSR count). The Morgan fingerprint density at radius 3 is 0.906 bits per heavy atom. The van der Waals surface area contributed by atoms with Crippen LogP contribution in [0.5, 0.6) is 0 Å². The molecule has 4 nitrogen and oxygen atoms in total. The topological polar surface area (TPSA) is 68.3 Å². The van der Waals surface area contributed by atoms with Gasteiger partial charge in [0.05, 0.1) is 21.3 Å². The van der Waals surface area contributed by atoms with Gasteiger partial charge in [-0.1, -0.05) is 86.7 Å². The summed E-state index contributed by atoms with van der Waals surface area (Å²) in [5.74, 6) is 0.185. The van der Waals surface area contributed by atoms with Crippen LogP contribution in [0.2, 0.25) is 0 Å². The van der Waals surface area contributed by atoms with Crippen molar-refractivity contribution in [2.75, 3.05) is 11.5 Å². The van der Waals surface area contributed by atoms with Gasteiger partial charge >= 0.3 is 0 Å². The zero-order valence-electron chi connectivity index (χ0n) is 18.1. The molecule has 0 bridgehead atoms. The van der Waals surface area contributed by atoms with E-state index in [1.165, 1.54) is 0 Å². The van der Waals surface area contributed by atoms with Crippen molar-refractivity contribution in [2.45, 2.75) is 23.6 Å². The Morgan fingerprint density at radius 2 is 0.688 bits per heavy atom. The summed E-state index contributed by atoms with van der Waals surface area (Å²) in [6, 6.07) is 21.7. The number of sulfone groups is 2. The van der Waals surface area contributed by atoms with Gasteiger partial charge in [-0.3, -0.25) is 0 Å². The van der Waals surface area contributed by atoms with Crippen LogP contribution in [0.4, 0.5) is 0 Å². The predicted molar refractivity (Wildman–Crippen MR) is 133 cm³/mol. The second-order valence-electron chi connectivity index (χ2n) is 7.28. The first kappa shape index (κ1) is 23.7. The van der Waals surface area contributed by atoms with Gasteiger partial charge in [0, 0.05) is 0 Å². The summed E-state index contributed by atoms with van der Waals surface area (Å²) >= 11 is 0. The summed E-state index contributed by atoms with van der Waals surface area (Å²) in [7, 11) is -6.36. The molecular weight excluding hydrogens is 440 g/mol. The average Bonchev–Trinajstić information content (AvgIpc) is 2.82. The minimum absolute atomic E-state index is 0.0923. The van der Waals surface area contributed by atoms with E-state index in [-0.39, 0.29) is 11.5 Å². The molecule has 0 aliphatic rings. The Morgan fingerprint density at radius 1 is 0.469 bits per heavy atom. The van der Waals surface area contributed by atoms with Crippen LogP contribution < -0.4 is 0 Å². The van der Waals surface area contributed by atoms with Crippen molar-refractivity contribution in [2.24, 2.45) is 0 Å². The highest BCUT2D eigenvalue weighted by atomic mass is 32.2. The van der Waals surface area contributed by atoms with Crippen LogP contribution in [0, 0.1) is 0 Å². The molecule has 0 fully saturated rings. The molecular formula is C26H26O4S2. The number of hydrogen-bond donors (Lipinski definition) is 0. The molecule has 0 atom stereocenters. The Balaban J connectivity index is 1.65. The quantitative estimate of drug-likeness (QED) is 0.404. The molecule has 166 valence electrons. The third-order valence-electron chi connectivity index (χ3n) is 5.11. The summed E-state index contributed by atoms with van der Waals surface area (Å²) in [6.45, 7) is 3.27. The maximum absolute atomic E-state index is 11.9. The van der Waals surface area contributed by atoms with Crippen molar-refractivity contribution in [3.8, 4) is 0 Å². The van der Waals surface area contributed by atoms with E-state index in [2.05, 4.69) is 0 Å². The van der Waals surface area contributed by atoms with Crippen molar-refractivity contribution in [3.63, 3.8) is 0 Å². The van der Waals surface area contributed by atoms with Crippen LogP contribution in [0.1, 0.15) is 36.1 Å². The highest BCUT2D eigenvalue weighted by molar-refractivity contribution is 7.91. The van der Waals surface area contributed by atoms with E-state index in [0.29, 0.717) is 9.79 Å². The van der Waals surface area contributed by atoms with E-state index in [0.717, 1.165) is 22.3 Å². The maximum atomic E-state index is 11.9. The van der Waals surface area contributed by atoms with Crippen molar-refractivity contribution >= 4 is 44.0 Å². The summed E-state index contributed by atoms with van der Waals surface area (Å²) in [4.78, 5) is 0.685. The lowest BCUT2D eigenvalue weighted by molar-refractivity contribution is 0.595. The van der Waals surface area contributed by atoms with Crippen LogP contribution in [0.3, 0.4) is 0 Å². The monoisotopic (exact) mass is 466 g/mol. The normalized spacial score (nSPS) is 12.6. The van der Waals surface area contributed by atoms with Gasteiger partial charge in [0.25, 0.3) is 0 Å². The lowest BCUT2D eigenvalue weighted by Crippen LogP contribution is -2.03.